The van der Waals surface area contributed by atoms with Crippen molar-refractivity contribution in [2.45, 2.75) is 19.6 Å². The zero-order valence-corrected chi connectivity index (χ0v) is 20.0. The van der Waals surface area contributed by atoms with Crippen molar-refractivity contribution >= 4 is 57.5 Å². The molecule has 27 heavy (non-hydrogen) atoms. The Morgan fingerprint density at radius 3 is 2.96 bits per heavy atom. The molecule has 0 radical (unpaired) electrons. The van der Waals surface area contributed by atoms with Gasteiger partial charge in [0.25, 0.3) is 0 Å². The maximum Gasteiger partial charge on any atom is 0.194 e. The molecule has 1 aromatic carbocycles. The van der Waals surface area contributed by atoms with Crippen molar-refractivity contribution in [3.8, 4) is 0 Å². The summed E-state index contributed by atoms with van der Waals surface area (Å²) < 4.78 is 8.69. The van der Waals surface area contributed by atoms with E-state index in [1.54, 1.807) is 4.68 Å². The number of rotatable bonds is 4. The SMILES string of the molecule is CCNC(=NCc1ccc(Br)cc1Cl)N1CCOC(c2cnn(C)c2)C1.I. The zero-order valence-electron chi connectivity index (χ0n) is 15.4. The summed E-state index contributed by atoms with van der Waals surface area (Å²) in [6, 6.07) is 5.88. The van der Waals surface area contributed by atoms with Gasteiger partial charge in [0.05, 0.1) is 25.9 Å². The van der Waals surface area contributed by atoms with Gasteiger partial charge in [-0.3, -0.25) is 4.68 Å². The molecule has 2 aromatic rings. The molecule has 0 spiro atoms. The third-order valence-electron chi connectivity index (χ3n) is 4.21. The summed E-state index contributed by atoms with van der Waals surface area (Å²) in [7, 11) is 1.91. The molecule has 1 atom stereocenters. The fourth-order valence-electron chi connectivity index (χ4n) is 2.89. The van der Waals surface area contributed by atoms with Gasteiger partial charge in [-0.15, -0.1) is 24.0 Å². The third-order valence-corrected chi connectivity index (χ3v) is 5.06. The lowest BCUT2D eigenvalue weighted by atomic mass is 10.1. The zero-order chi connectivity index (χ0) is 18.5. The van der Waals surface area contributed by atoms with Crippen molar-refractivity contribution in [3.05, 3.63) is 51.2 Å². The van der Waals surface area contributed by atoms with E-state index in [4.69, 9.17) is 21.3 Å². The molecule has 6 nitrogen and oxygen atoms in total. The number of aryl methyl sites for hydroxylation is 1. The largest absolute Gasteiger partial charge is 0.370 e. The smallest absolute Gasteiger partial charge is 0.194 e. The fraction of sp³-hybridized carbons (Fsp3) is 0.444. The Morgan fingerprint density at radius 2 is 2.30 bits per heavy atom. The molecule has 1 fully saturated rings. The van der Waals surface area contributed by atoms with Crippen LogP contribution in [0, 0.1) is 0 Å². The van der Waals surface area contributed by atoms with Gasteiger partial charge >= 0.3 is 0 Å². The molecule has 1 aliphatic heterocycles. The number of nitrogens with one attached hydrogen (secondary N) is 1. The second kappa shape index (κ2) is 10.6. The lowest BCUT2D eigenvalue weighted by Gasteiger charge is -2.34. The summed E-state index contributed by atoms with van der Waals surface area (Å²) in [5.41, 5.74) is 2.09. The standard InChI is InChI=1S/C18H23BrClN5O.HI/c1-3-21-18(22-9-13-4-5-15(19)8-16(13)20)25-6-7-26-17(12-25)14-10-23-24(2)11-14;/h4-5,8,10-11,17H,3,6-7,9,12H2,1-2H3,(H,21,22);1H. The molecule has 1 aromatic heterocycles. The normalized spacial score (nSPS) is 17.6. The van der Waals surface area contributed by atoms with E-state index >= 15 is 0 Å². The summed E-state index contributed by atoms with van der Waals surface area (Å²) in [5.74, 6) is 0.878. The molecule has 1 saturated heterocycles. The molecule has 0 amide bonds. The lowest BCUT2D eigenvalue weighted by Crippen LogP contribution is -2.48. The number of hydrogen-bond acceptors (Lipinski definition) is 3. The Hall–Kier alpha value is -0.840. The summed E-state index contributed by atoms with van der Waals surface area (Å²) in [5, 5.41) is 8.34. The number of morpholine rings is 1. The maximum atomic E-state index is 6.32. The molecular weight excluding hydrogens is 544 g/mol. The van der Waals surface area contributed by atoms with Gasteiger partial charge in [-0.25, -0.2) is 4.99 Å². The van der Waals surface area contributed by atoms with E-state index in [1.807, 2.05) is 37.6 Å². The number of aromatic nitrogens is 2. The van der Waals surface area contributed by atoms with Crippen LogP contribution in [0.15, 0.2) is 40.1 Å². The highest BCUT2D eigenvalue weighted by Gasteiger charge is 2.25. The lowest BCUT2D eigenvalue weighted by molar-refractivity contribution is -0.00805. The van der Waals surface area contributed by atoms with Crippen LogP contribution in [0.5, 0.6) is 0 Å². The number of halogens is 3. The molecule has 1 aliphatic rings. The molecule has 1 unspecified atom stereocenters. The van der Waals surface area contributed by atoms with E-state index in [-0.39, 0.29) is 30.1 Å². The van der Waals surface area contributed by atoms with E-state index in [0.717, 1.165) is 41.2 Å². The highest BCUT2D eigenvalue weighted by Crippen LogP contribution is 2.23. The van der Waals surface area contributed by atoms with Crippen molar-refractivity contribution in [3.63, 3.8) is 0 Å². The first-order chi connectivity index (χ1) is 12.6. The van der Waals surface area contributed by atoms with Gasteiger partial charge in [-0.2, -0.15) is 5.10 Å². The van der Waals surface area contributed by atoms with Gasteiger partial charge in [-0.1, -0.05) is 33.6 Å². The third kappa shape index (κ3) is 6.07. The van der Waals surface area contributed by atoms with Crippen molar-refractivity contribution in [1.29, 1.82) is 0 Å². The Kier molecular flexibility index (Phi) is 8.84. The number of guanidine groups is 1. The van der Waals surface area contributed by atoms with Crippen molar-refractivity contribution in [2.24, 2.45) is 12.0 Å². The molecule has 2 heterocycles. The Morgan fingerprint density at radius 1 is 1.48 bits per heavy atom. The summed E-state index contributed by atoms with van der Waals surface area (Å²) in [6.07, 6.45) is 3.86. The van der Waals surface area contributed by atoms with Crippen LogP contribution in [-0.2, 0) is 18.3 Å². The van der Waals surface area contributed by atoms with E-state index in [9.17, 15) is 0 Å². The van der Waals surface area contributed by atoms with Crippen molar-refractivity contribution in [2.75, 3.05) is 26.2 Å². The highest BCUT2D eigenvalue weighted by atomic mass is 127. The first-order valence-corrected chi connectivity index (χ1v) is 9.81. The van der Waals surface area contributed by atoms with E-state index < -0.39 is 0 Å². The van der Waals surface area contributed by atoms with Gasteiger partial charge in [0, 0.05) is 41.4 Å². The van der Waals surface area contributed by atoms with Crippen LogP contribution in [0.3, 0.4) is 0 Å². The minimum atomic E-state index is -0.00225. The molecule has 3 rings (SSSR count). The first-order valence-electron chi connectivity index (χ1n) is 8.64. The van der Waals surface area contributed by atoms with Crippen molar-refractivity contribution in [1.82, 2.24) is 20.0 Å². The summed E-state index contributed by atoms with van der Waals surface area (Å²) >= 11 is 9.75. The fourth-order valence-corrected chi connectivity index (χ4v) is 3.62. The Balaban J connectivity index is 0.00000261. The Labute approximate surface area is 190 Å². The molecule has 0 aliphatic carbocycles. The number of benzene rings is 1. The van der Waals surface area contributed by atoms with Crippen LogP contribution in [0.4, 0.5) is 0 Å². The molecule has 0 bridgehead atoms. The van der Waals surface area contributed by atoms with E-state index in [1.165, 1.54) is 0 Å². The molecule has 9 heteroatoms. The number of ether oxygens (including phenoxy) is 1. The van der Waals surface area contributed by atoms with Crippen LogP contribution < -0.4 is 5.32 Å². The van der Waals surface area contributed by atoms with Crippen LogP contribution >= 0.6 is 51.5 Å². The second-order valence-corrected chi connectivity index (χ2v) is 7.48. The minimum Gasteiger partial charge on any atom is -0.370 e. The monoisotopic (exact) mass is 567 g/mol. The Bertz CT molecular complexity index is 785. The predicted molar refractivity (Wildman–Crippen MR) is 123 cm³/mol. The van der Waals surface area contributed by atoms with E-state index in [0.29, 0.717) is 18.2 Å². The molecule has 0 saturated carbocycles. The van der Waals surface area contributed by atoms with Crippen LogP contribution in [0.2, 0.25) is 5.02 Å². The first kappa shape index (κ1) is 22.4. The molecule has 1 N–H and O–H groups in total. The van der Waals surface area contributed by atoms with Gasteiger partial charge in [0.15, 0.2) is 5.96 Å². The van der Waals surface area contributed by atoms with Gasteiger partial charge in [-0.05, 0) is 24.6 Å². The summed E-state index contributed by atoms with van der Waals surface area (Å²) in [6.45, 7) is 5.61. The average molecular weight is 569 g/mol. The van der Waals surface area contributed by atoms with Crippen LogP contribution in [0.25, 0.3) is 0 Å². The van der Waals surface area contributed by atoms with Gasteiger partial charge < -0.3 is 15.0 Å². The molecular formula is C18H24BrClIN5O. The number of nitrogens with zero attached hydrogens (tertiary/aromatic N) is 4. The number of aliphatic imine (C=N–C) groups is 1. The summed E-state index contributed by atoms with van der Waals surface area (Å²) in [4.78, 5) is 7.02. The molecule has 148 valence electrons. The van der Waals surface area contributed by atoms with Crippen LogP contribution in [-0.4, -0.2) is 46.9 Å². The van der Waals surface area contributed by atoms with E-state index in [2.05, 4.69) is 38.2 Å². The minimum absolute atomic E-state index is 0. The number of hydrogen-bond donors (Lipinski definition) is 1. The van der Waals surface area contributed by atoms with Crippen LogP contribution in [0.1, 0.15) is 24.2 Å². The predicted octanol–water partition coefficient (Wildman–Crippen LogP) is 3.99. The second-order valence-electron chi connectivity index (χ2n) is 6.16. The van der Waals surface area contributed by atoms with Gasteiger partial charge in [0.2, 0.25) is 0 Å². The van der Waals surface area contributed by atoms with Gasteiger partial charge in [0.1, 0.15) is 6.10 Å². The quantitative estimate of drug-likeness (QED) is 0.344. The topological polar surface area (TPSA) is 54.7 Å². The highest BCUT2D eigenvalue weighted by molar-refractivity contribution is 14.0. The maximum absolute atomic E-state index is 6.32. The van der Waals surface area contributed by atoms with Crippen molar-refractivity contribution < 1.29 is 4.74 Å². The average Bonchev–Trinajstić information content (AvgIpc) is 3.06.